The van der Waals surface area contributed by atoms with E-state index >= 15 is 0 Å². The maximum atomic E-state index is 7.20. The highest BCUT2D eigenvalue weighted by Crippen LogP contribution is 2.30. The lowest BCUT2D eigenvalue weighted by molar-refractivity contribution is 0.897. The first-order valence-corrected chi connectivity index (χ1v) is 8.00. The maximum absolute atomic E-state index is 7.20. The lowest BCUT2D eigenvalue weighted by Crippen LogP contribution is -2.29. The summed E-state index contributed by atoms with van der Waals surface area (Å²) < 4.78 is 0. The maximum Gasteiger partial charge on any atom is 0.185 e. The number of benzene rings is 1. The Morgan fingerprint density at radius 3 is 3.00 bits per heavy atom. The second kappa shape index (κ2) is 6.02. The Morgan fingerprint density at radius 1 is 1.33 bits per heavy atom. The molecule has 0 aliphatic rings. The van der Waals surface area contributed by atoms with Crippen LogP contribution in [0.2, 0.25) is 0 Å². The molecule has 2 heterocycles. The average molecular weight is 315 g/mol. The van der Waals surface area contributed by atoms with Crippen molar-refractivity contribution in [1.82, 2.24) is 15.3 Å². The normalized spacial score (nSPS) is 10.5. The van der Waals surface area contributed by atoms with Gasteiger partial charge in [0.05, 0.1) is 16.1 Å². The Hall–Kier alpha value is -2.25. The van der Waals surface area contributed by atoms with Crippen molar-refractivity contribution in [2.24, 2.45) is 5.73 Å². The second-order valence-electron chi connectivity index (χ2n) is 4.37. The van der Waals surface area contributed by atoms with Gasteiger partial charge in [-0.05, 0) is 11.6 Å². The molecule has 21 heavy (non-hydrogen) atoms. The molecule has 0 radical (unpaired) electrons. The van der Waals surface area contributed by atoms with E-state index in [-0.39, 0.29) is 5.96 Å². The van der Waals surface area contributed by atoms with Crippen molar-refractivity contribution < 1.29 is 0 Å². The van der Waals surface area contributed by atoms with Gasteiger partial charge in [-0.3, -0.25) is 10.4 Å². The highest BCUT2D eigenvalue weighted by atomic mass is 32.1. The van der Waals surface area contributed by atoms with Gasteiger partial charge in [0.1, 0.15) is 5.01 Å². The zero-order chi connectivity index (χ0) is 14.7. The van der Waals surface area contributed by atoms with Crippen molar-refractivity contribution in [3.05, 3.63) is 46.9 Å². The van der Waals surface area contributed by atoms with Gasteiger partial charge in [-0.2, -0.15) is 0 Å². The van der Waals surface area contributed by atoms with Crippen LogP contribution in [0.15, 0.2) is 41.4 Å². The quantitative estimate of drug-likeness (QED) is 0.510. The molecule has 3 aromatic rings. The minimum Gasteiger partial charge on any atom is -0.370 e. The third-order valence-electron chi connectivity index (χ3n) is 2.85. The average Bonchev–Trinajstić information content (AvgIpc) is 3.16. The zero-order valence-electron chi connectivity index (χ0n) is 11.0. The fourth-order valence-corrected chi connectivity index (χ4v) is 3.40. The summed E-state index contributed by atoms with van der Waals surface area (Å²) in [6.45, 7) is 0.537. The van der Waals surface area contributed by atoms with Crippen LogP contribution in [0.3, 0.4) is 0 Å². The van der Waals surface area contributed by atoms with Gasteiger partial charge in [0.15, 0.2) is 5.96 Å². The molecule has 5 nitrogen and oxygen atoms in total. The Balaban J connectivity index is 1.83. The van der Waals surface area contributed by atoms with Crippen molar-refractivity contribution in [2.45, 2.75) is 6.54 Å². The number of guanidine groups is 1. The van der Waals surface area contributed by atoms with Crippen molar-refractivity contribution in [1.29, 1.82) is 5.41 Å². The summed E-state index contributed by atoms with van der Waals surface area (Å²) in [5.41, 5.74) is 10.2. The van der Waals surface area contributed by atoms with E-state index in [1.165, 1.54) is 0 Å². The zero-order valence-corrected chi connectivity index (χ0v) is 12.7. The molecular formula is C14H13N5S2. The molecule has 4 N–H and O–H groups in total. The van der Waals surface area contributed by atoms with E-state index < -0.39 is 0 Å². The number of nitrogens with zero attached hydrogens (tertiary/aromatic N) is 2. The summed E-state index contributed by atoms with van der Waals surface area (Å²) in [6.07, 6.45) is 1.83. The molecule has 0 aliphatic carbocycles. The Labute approximate surface area is 130 Å². The highest BCUT2D eigenvalue weighted by Gasteiger charge is 2.08. The summed E-state index contributed by atoms with van der Waals surface area (Å²) in [5.74, 6) is -0.0263. The molecule has 0 saturated heterocycles. The largest absolute Gasteiger partial charge is 0.370 e. The van der Waals surface area contributed by atoms with Crippen LogP contribution in [0.5, 0.6) is 0 Å². The van der Waals surface area contributed by atoms with Gasteiger partial charge >= 0.3 is 0 Å². The second-order valence-corrected chi connectivity index (χ2v) is 6.12. The van der Waals surface area contributed by atoms with Crippen LogP contribution < -0.4 is 11.1 Å². The SMILES string of the molecule is N=C(N)NCc1cccc(-c2csc(-c3cncs3)n2)c1. The molecule has 106 valence electrons. The van der Waals surface area contributed by atoms with Gasteiger partial charge in [-0.1, -0.05) is 18.2 Å². The van der Waals surface area contributed by atoms with E-state index in [0.29, 0.717) is 6.54 Å². The van der Waals surface area contributed by atoms with Gasteiger partial charge in [0.25, 0.3) is 0 Å². The molecule has 0 fully saturated rings. The molecule has 0 aliphatic heterocycles. The molecule has 1 aromatic carbocycles. The van der Waals surface area contributed by atoms with Crippen LogP contribution in [0.4, 0.5) is 0 Å². The Bertz CT molecular complexity index is 748. The van der Waals surface area contributed by atoms with E-state index in [0.717, 1.165) is 26.7 Å². The monoisotopic (exact) mass is 315 g/mol. The van der Waals surface area contributed by atoms with Crippen molar-refractivity contribution in [3.63, 3.8) is 0 Å². The summed E-state index contributed by atoms with van der Waals surface area (Å²) >= 11 is 3.20. The minimum absolute atomic E-state index is 0.0263. The molecule has 0 unspecified atom stereocenters. The van der Waals surface area contributed by atoms with Crippen molar-refractivity contribution in [2.75, 3.05) is 0 Å². The van der Waals surface area contributed by atoms with Crippen LogP contribution in [-0.4, -0.2) is 15.9 Å². The molecule has 2 aromatic heterocycles. The summed E-state index contributed by atoms with van der Waals surface area (Å²) in [6, 6.07) is 8.07. The number of thiazole rings is 2. The first kappa shape index (κ1) is 13.7. The first-order valence-electron chi connectivity index (χ1n) is 6.24. The van der Waals surface area contributed by atoms with E-state index in [4.69, 9.17) is 11.1 Å². The number of nitrogens with two attached hydrogens (primary N) is 1. The molecule has 0 saturated carbocycles. The molecule has 0 amide bonds. The molecule has 7 heteroatoms. The highest BCUT2D eigenvalue weighted by molar-refractivity contribution is 7.20. The van der Waals surface area contributed by atoms with Gasteiger partial charge in [0, 0.05) is 23.7 Å². The first-order chi connectivity index (χ1) is 10.2. The third kappa shape index (κ3) is 3.26. The molecule has 3 rings (SSSR count). The molecule has 0 bridgehead atoms. The number of aromatic nitrogens is 2. The molecular weight excluding hydrogens is 302 g/mol. The lowest BCUT2D eigenvalue weighted by Gasteiger charge is -2.05. The summed E-state index contributed by atoms with van der Waals surface area (Å²) in [4.78, 5) is 9.83. The van der Waals surface area contributed by atoms with E-state index in [1.54, 1.807) is 22.7 Å². The Morgan fingerprint density at radius 2 is 2.24 bits per heavy atom. The van der Waals surface area contributed by atoms with E-state index in [9.17, 15) is 0 Å². The minimum atomic E-state index is -0.0263. The van der Waals surface area contributed by atoms with E-state index in [2.05, 4.69) is 21.4 Å². The van der Waals surface area contributed by atoms with Crippen LogP contribution >= 0.6 is 22.7 Å². The van der Waals surface area contributed by atoms with E-state index in [1.807, 2.05) is 35.3 Å². The fraction of sp³-hybridized carbons (Fsp3) is 0.0714. The topological polar surface area (TPSA) is 87.7 Å². The molecule has 0 atom stereocenters. The molecule has 0 spiro atoms. The summed E-state index contributed by atoms with van der Waals surface area (Å²) in [5, 5.41) is 13.0. The smallest absolute Gasteiger partial charge is 0.185 e. The van der Waals surface area contributed by atoms with Crippen LogP contribution in [0, 0.1) is 5.41 Å². The fourth-order valence-electron chi connectivity index (χ4n) is 1.88. The van der Waals surface area contributed by atoms with Crippen LogP contribution in [0.1, 0.15) is 5.56 Å². The number of nitrogens with one attached hydrogen (secondary N) is 2. The predicted octanol–water partition coefficient (Wildman–Crippen LogP) is 2.92. The number of hydrogen-bond acceptors (Lipinski definition) is 5. The van der Waals surface area contributed by atoms with Crippen molar-refractivity contribution >= 4 is 28.6 Å². The number of hydrogen-bond donors (Lipinski definition) is 3. The number of rotatable bonds is 4. The van der Waals surface area contributed by atoms with Gasteiger partial charge in [-0.15, -0.1) is 22.7 Å². The predicted molar refractivity (Wildman–Crippen MR) is 87.4 cm³/mol. The summed E-state index contributed by atoms with van der Waals surface area (Å²) in [7, 11) is 0. The van der Waals surface area contributed by atoms with Gasteiger partial charge in [0.2, 0.25) is 0 Å². The lowest BCUT2D eigenvalue weighted by atomic mass is 10.1. The van der Waals surface area contributed by atoms with Crippen LogP contribution in [0.25, 0.3) is 21.1 Å². The van der Waals surface area contributed by atoms with Crippen LogP contribution in [-0.2, 0) is 6.54 Å². The van der Waals surface area contributed by atoms with Gasteiger partial charge < -0.3 is 11.1 Å². The Kier molecular flexibility index (Phi) is 3.94. The standard InChI is InChI=1S/C14H13N5S2/c15-14(16)18-5-9-2-1-3-10(4-9)11-7-20-13(19-11)12-6-17-8-21-12/h1-4,6-8H,5H2,(H4,15,16,18). The third-order valence-corrected chi connectivity index (χ3v) is 4.64. The van der Waals surface area contributed by atoms with Gasteiger partial charge in [-0.25, -0.2) is 4.98 Å². The van der Waals surface area contributed by atoms with Crippen molar-refractivity contribution in [3.8, 4) is 21.1 Å².